The van der Waals surface area contributed by atoms with Gasteiger partial charge in [-0.25, -0.2) is 0 Å². The van der Waals surface area contributed by atoms with Crippen LogP contribution in [-0.4, -0.2) is 19.9 Å². The summed E-state index contributed by atoms with van der Waals surface area (Å²) in [6.07, 6.45) is 3.64. The second-order valence-electron chi connectivity index (χ2n) is 5.77. The third-order valence-corrected chi connectivity index (χ3v) is 3.98. The Kier molecular flexibility index (Phi) is 3.29. The molecule has 0 radical (unpaired) electrons. The van der Waals surface area contributed by atoms with Crippen LogP contribution in [0.4, 0.5) is 5.69 Å². The van der Waals surface area contributed by atoms with Gasteiger partial charge in [0.05, 0.1) is 0 Å². The van der Waals surface area contributed by atoms with Crippen LogP contribution in [0.1, 0.15) is 38.3 Å². The summed E-state index contributed by atoms with van der Waals surface area (Å²) >= 11 is 0. The van der Waals surface area contributed by atoms with E-state index in [1.807, 2.05) is 6.92 Å². The van der Waals surface area contributed by atoms with Crippen LogP contribution >= 0.6 is 0 Å². The van der Waals surface area contributed by atoms with Crippen LogP contribution in [0.25, 0.3) is 5.57 Å². The molecular formula is C16H21NO. The fraction of sp³-hybridized carbons (Fsp3) is 0.438. The minimum absolute atomic E-state index is 0.208. The van der Waals surface area contributed by atoms with Gasteiger partial charge in [-0.15, -0.1) is 0 Å². The van der Waals surface area contributed by atoms with Gasteiger partial charge in [0, 0.05) is 19.3 Å². The molecule has 1 aromatic rings. The fourth-order valence-electron chi connectivity index (χ4n) is 2.56. The summed E-state index contributed by atoms with van der Waals surface area (Å²) in [6, 6.07) is 6.51. The number of hydrogen-bond donors (Lipinski definition) is 0. The molecule has 0 unspecified atom stereocenters. The number of carbonyl (C=O) groups excluding carboxylic acids is 1. The number of fused-ring (bicyclic) bond motifs is 1. The monoisotopic (exact) mass is 243 g/mol. The Hall–Kier alpha value is -1.57. The zero-order valence-electron chi connectivity index (χ0n) is 11.7. The molecule has 0 amide bonds. The van der Waals surface area contributed by atoms with E-state index >= 15 is 0 Å². The average Bonchev–Trinajstić information content (AvgIpc) is 2.34. The maximum Gasteiger partial charge on any atom is 0.143 e. The highest BCUT2D eigenvalue weighted by molar-refractivity contribution is 5.81. The third-order valence-electron chi connectivity index (χ3n) is 3.98. The summed E-state index contributed by atoms with van der Waals surface area (Å²) in [5.74, 6) is 0. The van der Waals surface area contributed by atoms with Crippen molar-refractivity contribution in [1.29, 1.82) is 0 Å². The van der Waals surface area contributed by atoms with Gasteiger partial charge in [0.2, 0.25) is 0 Å². The lowest BCUT2D eigenvalue weighted by Crippen LogP contribution is -2.34. The summed E-state index contributed by atoms with van der Waals surface area (Å²) in [5, 5.41) is 0. The van der Waals surface area contributed by atoms with E-state index < -0.39 is 0 Å². The van der Waals surface area contributed by atoms with Gasteiger partial charge in [-0.2, -0.15) is 0 Å². The summed E-state index contributed by atoms with van der Waals surface area (Å²) < 4.78 is 0. The van der Waals surface area contributed by atoms with Gasteiger partial charge in [-0.1, -0.05) is 19.9 Å². The van der Waals surface area contributed by atoms with Crippen molar-refractivity contribution in [3.8, 4) is 0 Å². The lowest BCUT2D eigenvalue weighted by atomic mass is 9.77. The number of carbonyl (C=O) groups is 1. The van der Waals surface area contributed by atoms with E-state index in [2.05, 4.69) is 44.0 Å². The van der Waals surface area contributed by atoms with E-state index in [-0.39, 0.29) is 5.41 Å². The normalized spacial score (nSPS) is 18.4. The van der Waals surface area contributed by atoms with Crippen molar-refractivity contribution in [2.24, 2.45) is 0 Å². The van der Waals surface area contributed by atoms with Crippen LogP contribution in [0, 0.1) is 0 Å². The van der Waals surface area contributed by atoms with Gasteiger partial charge in [-0.05, 0) is 53.7 Å². The van der Waals surface area contributed by atoms with Crippen molar-refractivity contribution in [3.05, 3.63) is 35.4 Å². The lowest BCUT2D eigenvalue weighted by molar-refractivity contribution is -0.104. The molecule has 1 aliphatic heterocycles. The lowest BCUT2D eigenvalue weighted by Gasteiger charge is -2.38. The molecule has 18 heavy (non-hydrogen) atoms. The molecule has 0 saturated heterocycles. The molecule has 0 spiro atoms. The first kappa shape index (κ1) is 12.9. The molecule has 2 rings (SSSR count). The SMILES string of the molecule is CC(=CC=O)c1ccc2c(c1)C(C)(C)CCN2C. The number of allylic oxidation sites excluding steroid dienone is 2. The first-order valence-corrected chi connectivity index (χ1v) is 6.44. The van der Waals surface area contributed by atoms with E-state index in [4.69, 9.17) is 0 Å². The van der Waals surface area contributed by atoms with Crippen molar-refractivity contribution in [2.75, 3.05) is 18.5 Å². The Bertz CT molecular complexity index is 500. The van der Waals surface area contributed by atoms with Crippen LogP contribution < -0.4 is 4.90 Å². The van der Waals surface area contributed by atoms with Crippen LogP contribution in [-0.2, 0) is 10.2 Å². The third kappa shape index (κ3) is 2.20. The molecule has 1 aliphatic rings. The molecule has 0 N–H and O–H groups in total. The smallest absolute Gasteiger partial charge is 0.143 e. The van der Waals surface area contributed by atoms with Crippen LogP contribution in [0.15, 0.2) is 24.3 Å². The molecule has 0 aliphatic carbocycles. The zero-order chi connectivity index (χ0) is 13.3. The van der Waals surface area contributed by atoms with E-state index in [1.165, 1.54) is 11.3 Å². The van der Waals surface area contributed by atoms with Crippen molar-refractivity contribution in [1.82, 2.24) is 0 Å². The van der Waals surface area contributed by atoms with Crippen LogP contribution in [0.3, 0.4) is 0 Å². The minimum Gasteiger partial charge on any atom is -0.374 e. The summed E-state index contributed by atoms with van der Waals surface area (Å²) in [6.45, 7) is 7.67. The maximum absolute atomic E-state index is 10.6. The van der Waals surface area contributed by atoms with Gasteiger partial charge in [0.1, 0.15) is 6.29 Å². The number of nitrogens with zero attached hydrogens (tertiary/aromatic N) is 1. The van der Waals surface area contributed by atoms with Crippen molar-refractivity contribution >= 4 is 17.5 Å². The second kappa shape index (κ2) is 4.60. The van der Waals surface area contributed by atoms with Gasteiger partial charge in [0.15, 0.2) is 0 Å². The van der Waals surface area contributed by atoms with Gasteiger partial charge < -0.3 is 4.90 Å². The van der Waals surface area contributed by atoms with E-state index in [9.17, 15) is 4.79 Å². The molecule has 2 heteroatoms. The highest BCUT2D eigenvalue weighted by Crippen LogP contribution is 2.40. The number of hydrogen-bond acceptors (Lipinski definition) is 2. The van der Waals surface area contributed by atoms with Gasteiger partial charge in [-0.3, -0.25) is 4.79 Å². The molecule has 0 bridgehead atoms. The summed E-state index contributed by atoms with van der Waals surface area (Å²) in [5.41, 5.74) is 5.07. The van der Waals surface area contributed by atoms with Crippen molar-refractivity contribution < 1.29 is 4.79 Å². The predicted molar refractivity (Wildman–Crippen MR) is 77.1 cm³/mol. The molecule has 1 aromatic carbocycles. The van der Waals surface area contributed by atoms with Crippen molar-refractivity contribution in [2.45, 2.75) is 32.6 Å². The molecular weight excluding hydrogens is 222 g/mol. The Morgan fingerprint density at radius 2 is 2.11 bits per heavy atom. The molecule has 0 aromatic heterocycles. The first-order chi connectivity index (χ1) is 8.45. The molecule has 0 saturated carbocycles. The number of rotatable bonds is 2. The largest absolute Gasteiger partial charge is 0.374 e. The Morgan fingerprint density at radius 1 is 1.39 bits per heavy atom. The van der Waals surface area contributed by atoms with Crippen LogP contribution in [0.5, 0.6) is 0 Å². The Labute approximate surface area is 109 Å². The van der Waals surface area contributed by atoms with Gasteiger partial charge in [0.25, 0.3) is 0 Å². The van der Waals surface area contributed by atoms with E-state index in [1.54, 1.807) is 6.08 Å². The summed E-state index contributed by atoms with van der Waals surface area (Å²) in [4.78, 5) is 12.9. The summed E-state index contributed by atoms with van der Waals surface area (Å²) in [7, 11) is 2.14. The number of anilines is 1. The first-order valence-electron chi connectivity index (χ1n) is 6.44. The molecule has 96 valence electrons. The standard InChI is InChI=1S/C16H21NO/c1-12(7-10-18)13-5-6-15-14(11-13)16(2,3)8-9-17(15)4/h5-7,10-11H,8-9H2,1-4H3. The highest BCUT2D eigenvalue weighted by atomic mass is 16.1. The fourth-order valence-corrected chi connectivity index (χ4v) is 2.56. The second-order valence-corrected chi connectivity index (χ2v) is 5.77. The molecule has 0 atom stereocenters. The van der Waals surface area contributed by atoms with E-state index in [0.717, 1.165) is 30.4 Å². The minimum atomic E-state index is 0.208. The Balaban J connectivity index is 2.53. The number of benzene rings is 1. The van der Waals surface area contributed by atoms with Crippen LogP contribution in [0.2, 0.25) is 0 Å². The van der Waals surface area contributed by atoms with Crippen molar-refractivity contribution in [3.63, 3.8) is 0 Å². The topological polar surface area (TPSA) is 20.3 Å². The van der Waals surface area contributed by atoms with Gasteiger partial charge >= 0.3 is 0 Å². The molecule has 2 nitrogen and oxygen atoms in total. The number of aldehydes is 1. The highest BCUT2D eigenvalue weighted by Gasteiger charge is 2.29. The average molecular weight is 243 g/mol. The maximum atomic E-state index is 10.6. The Morgan fingerprint density at radius 3 is 2.78 bits per heavy atom. The molecule has 1 heterocycles. The zero-order valence-corrected chi connectivity index (χ0v) is 11.7. The predicted octanol–water partition coefficient (Wildman–Crippen LogP) is 3.41. The van der Waals surface area contributed by atoms with E-state index in [0.29, 0.717) is 0 Å². The molecule has 0 fully saturated rings. The quantitative estimate of drug-likeness (QED) is 0.586.